The van der Waals surface area contributed by atoms with Gasteiger partial charge in [-0.05, 0) is 18.2 Å². The standard InChI is InChI=1S/C12H9BrFNO3S/c1-18-5-9-10(12(16)17)19-11(15-9)6-2-7(13)4-8(14)3-6/h2-4H,5H2,1H3,(H,16,17). The summed E-state index contributed by atoms with van der Waals surface area (Å²) < 4.78 is 18.8. The fourth-order valence-corrected chi connectivity index (χ4v) is 2.91. The van der Waals surface area contributed by atoms with E-state index in [1.165, 1.54) is 19.2 Å². The van der Waals surface area contributed by atoms with Gasteiger partial charge in [0, 0.05) is 17.1 Å². The highest BCUT2D eigenvalue weighted by Gasteiger charge is 2.18. The highest BCUT2D eigenvalue weighted by atomic mass is 79.9. The minimum atomic E-state index is -1.06. The highest BCUT2D eigenvalue weighted by molar-refractivity contribution is 9.10. The first-order chi connectivity index (χ1) is 9.01. The summed E-state index contributed by atoms with van der Waals surface area (Å²) in [5.41, 5.74) is 0.872. The molecule has 0 aliphatic rings. The largest absolute Gasteiger partial charge is 0.477 e. The second-order valence-electron chi connectivity index (χ2n) is 3.69. The lowest BCUT2D eigenvalue weighted by Gasteiger charge is -1.98. The van der Waals surface area contributed by atoms with Crippen LogP contribution in [-0.4, -0.2) is 23.2 Å². The molecule has 1 heterocycles. The summed E-state index contributed by atoms with van der Waals surface area (Å²) in [6, 6.07) is 4.32. The maximum absolute atomic E-state index is 13.3. The smallest absolute Gasteiger partial charge is 0.347 e. The van der Waals surface area contributed by atoms with Crippen LogP contribution in [-0.2, 0) is 11.3 Å². The number of hydrogen-bond acceptors (Lipinski definition) is 4. The Morgan fingerprint density at radius 3 is 2.84 bits per heavy atom. The summed E-state index contributed by atoms with van der Waals surface area (Å²) in [5.74, 6) is -1.48. The fraction of sp³-hybridized carbons (Fsp3) is 0.167. The fourth-order valence-electron chi connectivity index (χ4n) is 1.55. The second kappa shape index (κ2) is 5.77. The van der Waals surface area contributed by atoms with Gasteiger partial charge >= 0.3 is 5.97 Å². The summed E-state index contributed by atoms with van der Waals surface area (Å²) in [7, 11) is 1.46. The number of rotatable bonds is 4. The predicted octanol–water partition coefficient (Wildman–Crippen LogP) is 3.56. The van der Waals surface area contributed by atoms with Crippen molar-refractivity contribution in [2.45, 2.75) is 6.61 Å². The molecule has 0 unspecified atom stereocenters. The third kappa shape index (κ3) is 3.17. The van der Waals surface area contributed by atoms with E-state index in [0.29, 0.717) is 20.7 Å². The van der Waals surface area contributed by atoms with Gasteiger partial charge in [-0.25, -0.2) is 14.2 Å². The average molecular weight is 346 g/mol. The summed E-state index contributed by atoms with van der Waals surface area (Å²) in [6.45, 7) is 0.106. The highest BCUT2D eigenvalue weighted by Crippen LogP contribution is 2.31. The van der Waals surface area contributed by atoms with Crippen molar-refractivity contribution < 1.29 is 19.0 Å². The molecule has 100 valence electrons. The van der Waals surface area contributed by atoms with Gasteiger partial charge in [-0.1, -0.05) is 15.9 Å². The Labute approximate surface area is 121 Å². The third-order valence-corrected chi connectivity index (χ3v) is 3.87. The van der Waals surface area contributed by atoms with Crippen LogP contribution in [0.15, 0.2) is 22.7 Å². The zero-order valence-corrected chi connectivity index (χ0v) is 12.2. The lowest BCUT2D eigenvalue weighted by atomic mass is 10.2. The zero-order valence-electron chi connectivity index (χ0n) is 9.81. The van der Waals surface area contributed by atoms with Crippen molar-refractivity contribution in [2.75, 3.05) is 7.11 Å². The first-order valence-corrected chi connectivity index (χ1v) is 6.80. The van der Waals surface area contributed by atoms with E-state index >= 15 is 0 Å². The molecule has 19 heavy (non-hydrogen) atoms. The minimum Gasteiger partial charge on any atom is -0.477 e. The van der Waals surface area contributed by atoms with E-state index in [4.69, 9.17) is 9.84 Å². The molecular weight excluding hydrogens is 337 g/mol. The Kier molecular flexibility index (Phi) is 4.28. The molecule has 0 fully saturated rings. The summed E-state index contributed by atoms with van der Waals surface area (Å²) in [4.78, 5) is 15.4. The van der Waals surface area contributed by atoms with Gasteiger partial charge < -0.3 is 9.84 Å². The third-order valence-electron chi connectivity index (χ3n) is 2.28. The van der Waals surface area contributed by atoms with Crippen molar-refractivity contribution in [1.82, 2.24) is 4.98 Å². The number of aromatic nitrogens is 1. The lowest BCUT2D eigenvalue weighted by molar-refractivity contribution is 0.0697. The molecule has 0 aliphatic heterocycles. The molecule has 0 amide bonds. The summed E-state index contributed by atoms with van der Waals surface area (Å²) in [5, 5.41) is 9.54. The number of carbonyl (C=O) groups is 1. The number of hydrogen-bond donors (Lipinski definition) is 1. The Bertz CT molecular complexity index is 609. The minimum absolute atomic E-state index is 0.106. The SMILES string of the molecule is COCc1nc(-c2cc(F)cc(Br)c2)sc1C(=O)O. The van der Waals surface area contributed by atoms with Gasteiger partial charge in [0.05, 0.1) is 12.3 Å². The first-order valence-electron chi connectivity index (χ1n) is 5.19. The number of methoxy groups -OCH3 is 1. The number of ether oxygens (including phenoxy) is 1. The molecule has 0 saturated carbocycles. The van der Waals surface area contributed by atoms with Gasteiger partial charge in [0.15, 0.2) is 0 Å². The van der Waals surface area contributed by atoms with Crippen molar-refractivity contribution >= 4 is 33.2 Å². The Balaban J connectivity index is 2.50. The molecule has 1 N–H and O–H groups in total. The first kappa shape index (κ1) is 14.1. The molecule has 0 atom stereocenters. The van der Waals surface area contributed by atoms with Gasteiger partial charge in [-0.3, -0.25) is 0 Å². The molecule has 1 aromatic carbocycles. The van der Waals surface area contributed by atoms with Gasteiger partial charge in [-0.2, -0.15) is 0 Å². The van der Waals surface area contributed by atoms with Crippen LogP contribution in [0.1, 0.15) is 15.4 Å². The number of aromatic carboxylic acids is 1. The van der Waals surface area contributed by atoms with E-state index in [9.17, 15) is 9.18 Å². The summed E-state index contributed by atoms with van der Waals surface area (Å²) >= 11 is 4.19. The van der Waals surface area contributed by atoms with Crippen LogP contribution >= 0.6 is 27.3 Å². The van der Waals surface area contributed by atoms with E-state index in [2.05, 4.69) is 20.9 Å². The molecule has 0 radical (unpaired) electrons. The Morgan fingerprint density at radius 2 is 2.26 bits per heavy atom. The van der Waals surface area contributed by atoms with Gasteiger partial charge in [0.2, 0.25) is 0 Å². The quantitative estimate of drug-likeness (QED) is 0.920. The van der Waals surface area contributed by atoms with Crippen LogP contribution < -0.4 is 0 Å². The molecule has 0 spiro atoms. The van der Waals surface area contributed by atoms with E-state index in [1.807, 2.05) is 0 Å². The normalized spacial score (nSPS) is 10.7. The number of nitrogens with zero attached hydrogens (tertiary/aromatic N) is 1. The molecule has 0 bridgehead atoms. The van der Waals surface area contributed by atoms with Crippen LogP contribution in [0.25, 0.3) is 10.6 Å². The number of carboxylic acids is 1. The second-order valence-corrected chi connectivity index (χ2v) is 5.61. The molecule has 7 heteroatoms. The number of halogens is 2. The van der Waals surface area contributed by atoms with E-state index in [0.717, 1.165) is 11.3 Å². The van der Waals surface area contributed by atoms with E-state index in [1.54, 1.807) is 6.07 Å². The van der Waals surface area contributed by atoms with E-state index < -0.39 is 11.8 Å². The van der Waals surface area contributed by atoms with Crippen molar-refractivity contribution in [3.63, 3.8) is 0 Å². The van der Waals surface area contributed by atoms with Crippen molar-refractivity contribution in [1.29, 1.82) is 0 Å². The monoisotopic (exact) mass is 345 g/mol. The predicted molar refractivity (Wildman–Crippen MR) is 72.9 cm³/mol. The molecule has 2 aromatic rings. The molecule has 1 aromatic heterocycles. The maximum Gasteiger partial charge on any atom is 0.347 e. The lowest BCUT2D eigenvalue weighted by Crippen LogP contribution is -1.99. The van der Waals surface area contributed by atoms with Crippen LogP contribution in [0, 0.1) is 5.82 Å². The average Bonchev–Trinajstić information content (AvgIpc) is 2.72. The Hall–Kier alpha value is -1.31. The van der Waals surface area contributed by atoms with E-state index in [-0.39, 0.29) is 11.5 Å². The number of benzene rings is 1. The number of carboxylic acid groups (broad SMARTS) is 1. The van der Waals surface area contributed by atoms with Crippen LogP contribution in [0.3, 0.4) is 0 Å². The summed E-state index contributed by atoms with van der Waals surface area (Å²) in [6.07, 6.45) is 0. The molecular formula is C12H9BrFNO3S. The van der Waals surface area contributed by atoms with Crippen molar-refractivity contribution in [3.05, 3.63) is 39.1 Å². The number of thiazole rings is 1. The molecule has 2 rings (SSSR count). The molecule has 0 aliphatic carbocycles. The van der Waals surface area contributed by atoms with Crippen LogP contribution in [0.5, 0.6) is 0 Å². The van der Waals surface area contributed by atoms with Crippen LogP contribution in [0.2, 0.25) is 0 Å². The Morgan fingerprint density at radius 1 is 1.53 bits per heavy atom. The van der Waals surface area contributed by atoms with Gasteiger partial charge in [0.25, 0.3) is 0 Å². The maximum atomic E-state index is 13.3. The van der Waals surface area contributed by atoms with Crippen LogP contribution in [0.4, 0.5) is 4.39 Å². The van der Waals surface area contributed by atoms with Gasteiger partial charge in [0.1, 0.15) is 15.7 Å². The topological polar surface area (TPSA) is 59.4 Å². The van der Waals surface area contributed by atoms with Crippen molar-refractivity contribution in [2.24, 2.45) is 0 Å². The molecule has 4 nitrogen and oxygen atoms in total. The van der Waals surface area contributed by atoms with Gasteiger partial charge in [-0.15, -0.1) is 11.3 Å². The molecule has 0 saturated heterocycles. The zero-order chi connectivity index (χ0) is 14.0. The van der Waals surface area contributed by atoms with Crippen molar-refractivity contribution in [3.8, 4) is 10.6 Å².